The fraction of sp³-hybridized carbons (Fsp3) is 0.400. The van der Waals surface area contributed by atoms with E-state index in [4.69, 9.17) is 5.73 Å². The highest BCUT2D eigenvalue weighted by Crippen LogP contribution is 2.32. The van der Waals surface area contributed by atoms with Gasteiger partial charge in [-0.2, -0.15) is 13.2 Å². The van der Waals surface area contributed by atoms with E-state index in [0.717, 1.165) is 13.1 Å². The highest BCUT2D eigenvalue weighted by molar-refractivity contribution is 5.64. The second-order valence-electron chi connectivity index (χ2n) is 3.91. The molecule has 10 heteroatoms. The highest BCUT2D eigenvalue weighted by Gasteiger charge is 2.44. The Morgan fingerprint density at radius 1 is 1.55 bits per heavy atom. The lowest BCUT2D eigenvalue weighted by Crippen LogP contribution is -2.22. The molecule has 0 bridgehead atoms. The summed E-state index contributed by atoms with van der Waals surface area (Å²) in [6, 6.07) is -0.838. The minimum absolute atomic E-state index is 0.250. The fourth-order valence-electron chi connectivity index (χ4n) is 1.63. The molecule has 0 saturated carbocycles. The summed E-state index contributed by atoms with van der Waals surface area (Å²) in [5.41, 5.74) is 5.30. The molecule has 0 radical (unpaired) electrons. The van der Waals surface area contributed by atoms with Crippen LogP contribution < -0.4 is 5.73 Å². The van der Waals surface area contributed by atoms with E-state index >= 15 is 0 Å². The van der Waals surface area contributed by atoms with Crippen molar-refractivity contribution in [2.24, 2.45) is 12.8 Å². The minimum atomic E-state index is -4.81. The monoisotopic (exact) mass is 292 g/mol. The number of carbonyl (C=O) groups excluding carboxylic acids is 1. The first-order valence-electron chi connectivity index (χ1n) is 5.33. The Kier molecular flexibility index (Phi) is 4.61. The fourth-order valence-corrected chi connectivity index (χ4v) is 1.63. The molecule has 1 aromatic heterocycles. The predicted molar refractivity (Wildman–Crippen MR) is 61.7 cm³/mol. The maximum Gasteiger partial charge on any atom is 0.475 e. The smallest absolute Gasteiger partial charge is 0.358 e. The van der Waals surface area contributed by atoms with Gasteiger partial charge in [-0.15, -0.1) is 0 Å². The largest absolute Gasteiger partial charge is 0.475 e. The SMILES string of the molecule is Cn1c(C(F)(F)F)nc([N+](=O)[O-])c1CC(N)C=CC=O. The molecule has 0 aliphatic rings. The number of nitrogens with zero attached hydrogens (tertiary/aromatic N) is 3. The molecule has 110 valence electrons. The van der Waals surface area contributed by atoms with Crippen molar-refractivity contribution in [3.8, 4) is 0 Å². The van der Waals surface area contributed by atoms with Crippen LogP contribution in [0.15, 0.2) is 12.2 Å². The summed E-state index contributed by atoms with van der Waals surface area (Å²) >= 11 is 0. The van der Waals surface area contributed by atoms with Crippen LogP contribution in [-0.4, -0.2) is 26.8 Å². The van der Waals surface area contributed by atoms with Gasteiger partial charge >= 0.3 is 17.8 Å². The molecule has 0 aliphatic carbocycles. The number of nitrogens with two attached hydrogens (primary N) is 1. The lowest BCUT2D eigenvalue weighted by Gasteiger charge is -2.08. The van der Waals surface area contributed by atoms with Crippen LogP contribution in [-0.2, 0) is 24.4 Å². The van der Waals surface area contributed by atoms with Gasteiger partial charge in [0.1, 0.15) is 12.0 Å². The molecule has 0 spiro atoms. The van der Waals surface area contributed by atoms with Crippen molar-refractivity contribution in [3.63, 3.8) is 0 Å². The average molecular weight is 292 g/mol. The van der Waals surface area contributed by atoms with E-state index in [0.29, 0.717) is 10.9 Å². The Morgan fingerprint density at radius 2 is 2.15 bits per heavy atom. The molecule has 0 fully saturated rings. The quantitative estimate of drug-likeness (QED) is 0.377. The van der Waals surface area contributed by atoms with Gasteiger partial charge in [0.15, 0.2) is 0 Å². The van der Waals surface area contributed by atoms with Crippen LogP contribution in [0.3, 0.4) is 0 Å². The molecule has 1 atom stereocenters. The summed E-state index contributed by atoms with van der Waals surface area (Å²) in [5.74, 6) is -2.26. The van der Waals surface area contributed by atoms with Crippen molar-refractivity contribution in [2.75, 3.05) is 0 Å². The van der Waals surface area contributed by atoms with Crippen molar-refractivity contribution in [1.29, 1.82) is 0 Å². The first-order chi connectivity index (χ1) is 9.18. The van der Waals surface area contributed by atoms with Gasteiger partial charge in [0, 0.05) is 19.5 Å². The second-order valence-corrected chi connectivity index (χ2v) is 3.91. The number of rotatable bonds is 5. The number of imidazole rings is 1. The van der Waals surface area contributed by atoms with Crippen molar-refractivity contribution in [2.45, 2.75) is 18.6 Å². The van der Waals surface area contributed by atoms with Gasteiger partial charge in [-0.05, 0) is 16.0 Å². The molecule has 0 aromatic carbocycles. The summed E-state index contributed by atoms with van der Waals surface area (Å²) in [4.78, 5) is 22.9. The maximum atomic E-state index is 12.6. The summed E-state index contributed by atoms with van der Waals surface area (Å²) in [5, 5.41) is 10.8. The zero-order valence-electron chi connectivity index (χ0n) is 10.3. The Labute approximate surface area is 111 Å². The van der Waals surface area contributed by atoms with Gasteiger partial charge in [-0.1, -0.05) is 6.08 Å². The lowest BCUT2D eigenvalue weighted by atomic mass is 10.1. The van der Waals surface area contributed by atoms with Crippen LogP contribution in [0.4, 0.5) is 19.0 Å². The molecular formula is C10H11F3N4O3. The lowest BCUT2D eigenvalue weighted by molar-refractivity contribution is -0.390. The van der Waals surface area contributed by atoms with E-state index in [-0.39, 0.29) is 12.1 Å². The molecule has 1 heterocycles. The topological polar surface area (TPSA) is 104 Å². The Hall–Kier alpha value is -2.23. The van der Waals surface area contributed by atoms with Crippen molar-refractivity contribution < 1.29 is 22.9 Å². The minimum Gasteiger partial charge on any atom is -0.358 e. The van der Waals surface area contributed by atoms with Crippen molar-refractivity contribution >= 4 is 12.1 Å². The van der Waals surface area contributed by atoms with Crippen LogP contribution in [0.5, 0.6) is 0 Å². The molecule has 0 amide bonds. The van der Waals surface area contributed by atoms with Crippen LogP contribution >= 0.6 is 0 Å². The van der Waals surface area contributed by atoms with Gasteiger partial charge in [0.2, 0.25) is 0 Å². The van der Waals surface area contributed by atoms with Crippen LogP contribution in [0.1, 0.15) is 11.5 Å². The zero-order chi connectivity index (χ0) is 15.5. The van der Waals surface area contributed by atoms with Gasteiger partial charge in [-0.3, -0.25) is 4.79 Å². The van der Waals surface area contributed by atoms with Gasteiger partial charge in [-0.25, -0.2) is 0 Å². The summed E-state index contributed by atoms with van der Waals surface area (Å²) in [6.45, 7) is 0. The van der Waals surface area contributed by atoms with Crippen LogP contribution in [0.25, 0.3) is 0 Å². The standard InChI is InChI=1S/C10H11F3N4O3/c1-16-7(5-6(14)3-2-4-18)8(17(19)20)15-9(16)10(11,12)13/h2-4,6H,5,14H2,1H3. The van der Waals surface area contributed by atoms with E-state index in [1.54, 1.807) is 0 Å². The number of carbonyl (C=O) groups is 1. The predicted octanol–water partition coefficient (Wildman–Crippen LogP) is 0.972. The number of hydrogen-bond donors (Lipinski definition) is 1. The first-order valence-corrected chi connectivity index (χ1v) is 5.33. The van der Waals surface area contributed by atoms with Crippen LogP contribution in [0.2, 0.25) is 0 Å². The summed E-state index contributed by atoms with van der Waals surface area (Å²) in [6.07, 6.45) is -2.31. The van der Waals surface area contributed by atoms with Crippen LogP contribution in [0, 0.1) is 10.1 Å². The van der Waals surface area contributed by atoms with E-state index in [1.807, 2.05) is 0 Å². The molecule has 1 aromatic rings. The molecule has 1 rings (SSSR count). The highest BCUT2D eigenvalue weighted by atomic mass is 19.4. The third-order valence-corrected chi connectivity index (χ3v) is 2.48. The van der Waals surface area contributed by atoms with Crippen molar-refractivity contribution in [1.82, 2.24) is 9.55 Å². The molecule has 0 aliphatic heterocycles. The van der Waals surface area contributed by atoms with Crippen molar-refractivity contribution in [3.05, 3.63) is 33.8 Å². The van der Waals surface area contributed by atoms with Gasteiger partial charge < -0.3 is 20.4 Å². The average Bonchev–Trinajstić information content (AvgIpc) is 2.64. The third kappa shape index (κ3) is 3.41. The van der Waals surface area contributed by atoms with E-state index < -0.39 is 28.8 Å². The molecule has 0 saturated heterocycles. The van der Waals surface area contributed by atoms with Gasteiger partial charge in [0.25, 0.3) is 0 Å². The second kappa shape index (κ2) is 5.82. The normalized spacial score (nSPS) is 13.7. The number of aldehydes is 1. The van der Waals surface area contributed by atoms with E-state index in [2.05, 4.69) is 4.98 Å². The van der Waals surface area contributed by atoms with E-state index in [1.165, 1.54) is 6.08 Å². The molecule has 20 heavy (non-hydrogen) atoms. The summed E-state index contributed by atoms with van der Waals surface area (Å²) < 4.78 is 38.5. The maximum absolute atomic E-state index is 12.6. The number of allylic oxidation sites excluding steroid dienone is 1. The summed E-state index contributed by atoms with van der Waals surface area (Å²) in [7, 11) is 1.02. The molecule has 7 nitrogen and oxygen atoms in total. The number of nitro groups is 1. The number of aromatic nitrogens is 2. The Bertz CT molecular complexity index is 551. The van der Waals surface area contributed by atoms with E-state index in [9.17, 15) is 28.1 Å². The third-order valence-electron chi connectivity index (χ3n) is 2.48. The zero-order valence-corrected chi connectivity index (χ0v) is 10.3. The Morgan fingerprint density at radius 3 is 2.60 bits per heavy atom. The molecular weight excluding hydrogens is 281 g/mol. The van der Waals surface area contributed by atoms with Gasteiger partial charge in [0.05, 0.1) is 0 Å². The number of halogens is 3. The first kappa shape index (κ1) is 15.8. The Balaban J connectivity index is 3.23. The molecule has 2 N–H and O–H groups in total. The number of hydrogen-bond acceptors (Lipinski definition) is 5. The molecule has 1 unspecified atom stereocenters. The number of alkyl halides is 3.